The first-order chi connectivity index (χ1) is 25.6. The van der Waals surface area contributed by atoms with E-state index in [1.165, 1.54) is 0 Å². The number of ether oxygens (including phenoxy) is 13. The number of esters is 1. The van der Waals surface area contributed by atoms with E-state index in [2.05, 4.69) is 17.0 Å². The Hall–Kier alpha value is -2.07. The molecule has 2 N–H and O–H groups in total. The molecule has 0 aliphatic heterocycles. The lowest BCUT2D eigenvalue weighted by Crippen LogP contribution is -2.31. The summed E-state index contributed by atoms with van der Waals surface area (Å²) in [6.45, 7) is 11.7. The van der Waals surface area contributed by atoms with Gasteiger partial charge in [-0.25, -0.2) is 4.79 Å². The largest absolute Gasteiger partial charge is 0.480 e. The van der Waals surface area contributed by atoms with Crippen molar-refractivity contribution >= 4 is 17.8 Å². The molecule has 1 amide bonds. The van der Waals surface area contributed by atoms with E-state index in [-0.39, 0.29) is 19.2 Å². The van der Waals surface area contributed by atoms with Gasteiger partial charge in [0, 0.05) is 13.0 Å². The third kappa shape index (κ3) is 44.1. The number of unbranched alkanes of at least 4 members (excludes halogenated alkanes) is 2. The maximum atomic E-state index is 11.5. The van der Waals surface area contributed by atoms with Crippen LogP contribution in [0.1, 0.15) is 32.6 Å². The Morgan fingerprint density at radius 3 is 1.08 bits per heavy atom. The van der Waals surface area contributed by atoms with E-state index in [4.69, 9.17) is 61.9 Å². The number of carboxylic acid groups (broad SMARTS) is 1. The maximum absolute atomic E-state index is 11.5. The Kier molecular flexibility index (Phi) is 41.6. The van der Waals surface area contributed by atoms with E-state index in [1.807, 2.05) is 0 Å². The molecule has 0 saturated carbocycles. The van der Waals surface area contributed by atoms with Crippen molar-refractivity contribution in [2.75, 3.05) is 172 Å². The lowest BCUT2D eigenvalue weighted by Gasteiger charge is -2.09. The lowest BCUT2D eigenvalue weighted by molar-refractivity contribution is -0.146. The zero-order valence-electron chi connectivity index (χ0n) is 31.2. The van der Waals surface area contributed by atoms with Crippen LogP contribution in [0.5, 0.6) is 0 Å². The van der Waals surface area contributed by atoms with Gasteiger partial charge in [-0.2, -0.15) is 0 Å². The van der Waals surface area contributed by atoms with Gasteiger partial charge in [-0.15, -0.1) is 0 Å². The van der Waals surface area contributed by atoms with Gasteiger partial charge < -0.3 is 72.0 Å². The predicted molar refractivity (Wildman–Crippen MR) is 186 cm³/mol. The normalized spacial score (nSPS) is 11.2. The van der Waals surface area contributed by atoms with Crippen molar-refractivity contribution in [2.45, 2.75) is 32.6 Å². The van der Waals surface area contributed by atoms with Gasteiger partial charge in [-0.1, -0.05) is 19.8 Å². The van der Waals surface area contributed by atoms with E-state index in [0.29, 0.717) is 158 Å². The molecule has 0 unspecified atom stereocenters. The summed E-state index contributed by atoms with van der Waals surface area (Å²) in [4.78, 5) is 33.1. The van der Waals surface area contributed by atoms with Crippen molar-refractivity contribution in [3.63, 3.8) is 0 Å². The summed E-state index contributed by atoms with van der Waals surface area (Å²) >= 11 is 0. The molecular weight excluding hydrogens is 694 g/mol. The Morgan fingerprint density at radius 2 is 0.750 bits per heavy atom. The van der Waals surface area contributed by atoms with Gasteiger partial charge in [0.25, 0.3) is 0 Å². The van der Waals surface area contributed by atoms with E-state index in [9.17, 15) is 14.4 Å². The number of aliphatic carboxylic acids is 1. The second-order valence-electron chi connectivity index (χ2n) is 10.7. The van der Waals surface area contributed by atoms with Gasteiger partial charge in [0.2, 0.25) is 5.91 Å². The van der Waals surface area contributed by atoms with E-state index >= 15 is 0 Å². The van der Waals surface area contributed by atoms with Crippen LogP contribution in [0.25, 0.3) is 0 Å². The molecule has 18 heteroatoms. The Morgan fingerprint density at radius 1 is 0.423 bits per heavy atom. The summed E-state index contributed by atoms with van der Waals surface area (Å²) in [6.07, 6.45) is 3.46. The van der Waals surface area contributed by atoms with E-state index < -0.39 is 18.5 Å². The molecule has 0 aliphatic carbocycles. The second-order valence-corrected chi connectivity index (χ2v) is 10.7. The fourth-order valence-corrected chi connectivity index (χ4v) is 3.65. The van der Waals surface area contributed by atoms with Crippen LogP contribution in [0.15, 0.2) is 0 Å². The lowest BCUT2D eigenvalue weighted by atomic mass is 10.2. The molecule has 0 radical (unpaired) electrons. The first kappa shape index (κ1) is 49.9. The van der Waals surface area contributed by atoms with Crippen LogP contribution in [-0.2, 0) is 76.0 Å². The van der Waals surface area contributed by atoms with Crippen LogP contribution in [0, 0.1) is 0 Å². The van der Waals surface area contributed by atoms with Crippen molar-refractivity contribution in [3.05, 3.63) is 0 Å². The molecule has 0 aromatic rings. The first-order valence-corrected chi connectivity index (χ1v) is 18.1. The van der Waals surface area contributed by atoms with Crippen molar-refractivity contribution in [1.29, 1.82) is 0 Å². The van der Waals surface area contributed by atoms with Crippen LogP contribution < -0.4 is 5.32 Å². The number of carbonyl (C=O) groups is 3. The zero-order valence-corrected chi connectivity index (χ0v) is 31.2. The molecule has 0 bridgehead atoms. The topological polar surface area (TPSA) is 203 Å². The standard InChI is InChI=1S/C34H65NO17/c1-2-3-4-5-34(39)52-29-28-50-27-26-49-25-24-48-23-22-47-21-20-46-19-18-45-17-16-44-15-14-43-13-12-42-11-10-41-9-8-40-7-6-35-32(36)30-51-31-33(37)38/h2-31H2,1H3,(H,35,36)(H,37,38). The van der Waals surface area contributed by atoms with Crippen LogP contribution >= 0.6 is 0 Å². The third-order valence-electron chi connectivity index (χ3n) is 6.22. The molecule has 0 heterocycles. The maximum Gasteiger partial charge on any atom is 0.329 e. The average Bonchev–Trinajstić information content (AvgIpc) is 3.12. The summed E-state index contributed by atoms with van der Waals surface area (Å²) in [7, 11) is 0. The molecule has 0 saturated heterocycles. The Labute approximate surface area is 308 Å². The van der Waals surface area contributed by atoms with Crippen molar-refractivity contribution in [1.82, 2.24) is 5.32 Å². The highest BCUT2D eigenvalue weighted by Gasteiger charge is 2.04. The number of rotatable bonds is 44. The van der Waals surface area contributed by atoms with Crippen LogP contribution in [0.4, 0.5) is 0 Å². The predicted octanol–water partition coefficient (Wildman–Crippen LogP) is 0.510. The van der Waals surface area contributed by atoms with Crippen molar-refractivity contribution in [2.24, 2.45) is 0 Å². The molecule has 0 spiro atoms. The molecule has 0 aliphatic rings. The quantitative estimate of drug-likeness (QED) is 0.0642. The van der Waals surface area contributed by atoms with Gasteiger partial charge in [0.05, 0.1) is 145 Å². The molecule has 0 aromatic heterocycles. The molecule has 52 heavy (non-hydrogen) atoms. The van der Waals surface area contributed by atoms with Gasteiger partial charge in [-0.05, 0) is 6.42 Å². The highest BCUT2D eigenvalue weighted by atomic mass is 16.6. The Bertz CT molecular complexity index is 780. The minimum Gasteiger partial charge on any atom is -0.480 e. The number of amides is 1. The highest BCUT2D eigenvalue weighted by molar-refractivity contribution is 5.77. The molecule has 18 nitrogen and oxygen atoms in total. The van der Waals surface area contributed by atoms with Gasteiger partial charge in [-0.3, -0.25) is 9.59 Å². The summed E-state index contributed by atoms with van der Waals surface area (Å²) in [6, 6.07) is 0. The highest BCUT2D eigenvalue weighted by Crippen LogP contribution is 2.00. The zero-order chi connectivity index (χ0) is 37.8. The molecule has 0 atom stereocenters. The number of carbonyl (C=O) groups excluding carboxylic acids is 2. The van der Waals surface area contributed by atoms with Crippen LogP contribution in [0.2, 0.25) is 0 Å². The van der Waals surface area contributed by atoms with Crippen LogP contribution in [0.3, 0.4) is 0 Å². The summed E-state index contributed by atoms with van der Waals surface area (Å²) in [5, 5.41) is 11.0. The summed E-state index contributed by atoms with van der Waals surface area (Å²) < 4.78 is 69.5. The number of nitrogens with one attached hydrogen (secondary N) is 1. The van der Waals surface area contributed by atoms with Gasteiger partial charge >= 0.3 is 11.9 Å². The van der Waals surface area contributed by atoms with E-state index in [1.54, 1.807) is 0 Å². The average molecular weight is 760 g/mol. The summed E-state index contributed by atoms with van der Waals surface area (Å²) in [5.74, 6) is -1.70. The van der Waals surface area contributed by atoms with E-state index in [0.717, 1.165) is 19.3 Å². The SMILES string of the molecule is CCCCCC(=O)OCCOCCOCCOCCOCCOCCOCCOCCOCCOCCOCCOCCNC(=O)COCC(=O)O. The van der Waals surface area contributed by atoms with Gasteiger partial charge in [0.15, 0.2) is 0 Å². The van der Waals surface area contributed by atoms with Crippen LogP contribution in [-0.4, -0.2) is 195 Å². The fourth-order valence-electron chi connectivity index (χ4n) is 3.65. The molecule has 0 rings (SSSR count). The molecular formula is C34H65NO17. The fraction of sp³-hybridized carbons (Fsp3) is 0.912. The second kappa shape index (κ2) is 43.3. The minimum absolute atomic E-state index is 0.168. The molecule has 0 aromatic carbocycles. The number of carboxylic acids is 1. The molecule has 308 valence electrons. The summed E-state index contributed by atoms with van der Waals surface area (Å²) in [5.41, 5.74) is 0. The third-order valence-corrected chi connectivity index (χ3v) is 6.22. The first-order valence-electron chi connectivity index (χ1n) is 18.1. The van der Waals surface area contributed by atoms with Crippen molar-refractivity contribution in [3.8, 4) is 0 Å². The van der Waals surface area contributed by atoms with Gasteiger partial charge in [0.1, 0.15) is 19.8 Å². The Balaban J connectivity index is 3.11. The number of hydrogen-bond acceptors (Lipinski definition) is 16. The molecule has 0 fully saturated rings. The monoisotopic (exact) mass is 759 g/mol. The minimum atomic E-state index is -1.13. The van der Waals surface area contributed by atoms with Crippen molar-refractivity contribution < 1.29 is 81.1 Å². The number of hydrogen-bond donors (Lipinski definition) is 2. The smallest absolute Gasteiger partial charge is 0.329 e.